The molecule has 7 heteroatoms. The van der Waals surface area contributed by atoms with Crippen molar-refractivity contribution in [2.75, 3.05) is 11.9 Å². The van der Waals surface area contributed by atoms with Crippen molar-refractivity contribution < 1.29 is 20.5 Å². The van der Waals surface area contributed by atoms with Gasteiger partial charge in [-0.05, 0) is 48.9 Å². The molecule has 4 aromatic rings. The van der Waals surface area contributed by atoms with E-state index >= 15 is 0 Å². The van der Waals surface area contributed by atoms with Gasteiger partial charge in [-0.15, -0.1) is 0 Å². The molecule has 0 bridgehead atoms. The van der Waals surface area contributed by atoms with Crippen LogP contribution in [0.3, 0.4) is 0 Å². The highest BCUT2D eigenvalue weighted by Gasteiger charge is 2.33. The van der Waals surface area contributed by atoms with Crippen LogP contribution < -0.4 is 10.9 Å². The maximum atomic E-state index is 13.6. The number of rotatable bonds is 5. The van der Waals surface area contributed by atoms with E-state index in [-0.39, 0.29) is 23.5 Å². The van der Waals surface area contributed by atoms with Crippen molar-refractivity contribution in [2.24, 2.45) is 0 Å². The number of H-pyrrole nitrogens is 1. The molecule has 0 atom stereocenters. The normalized spacial score (nSPS) is 12.2. The smallest absolute Gasteiger partial charge is 0.344 e. The topological polar surface area (TPSA) is 105 Å². The van der Waals surface area contributed by atoms with Crippen LogP contribution in [0.2, 0.25) is 0 Å². The molecule has 0 aliphatic heterocycles. The number of pyridine rings is 1. The molecule has 0 saturated carbocycles. The van der Waals surface area contributed by atoms with E-state index in [1.807, 2.05) is 0 Å². The van der Waals surface area contributed by atoms with E-state index in [0.717, 1.165) is 0 Å². The highest BCUT2D eigenvalue weighted by atomic mass is 16.5. The lowest BCUT2D eigenvalue weighted by atomic mass is 9.81. The molecule has 0 unspecified atom stereocenters. The molecule has 7 nitrogen and oxygen atoms in total. The van der Waals surface area contributed by atoms with Crippen LogP contribution in [-0.4, -0.2) is 29.6 Å². The number of aromatic amines is 1. The van der Waals surface area contributed by atoms with E-state index in [4.69, 9.17) is 6.11 Å². The largest absolute Gasteiger partial charge is 0.462 e. The second kappa shape index (κ2) is 7.87. The van der Waals surface area contributed by atoms with Gasteiger partial charge in [-0.1, -0.05) is 24.3 Å². The summed E-state index contributed by atoms with van der Waals surface area (Å²) < 4.78 is 12.4. The molecule has 1 aliphatic carbocycles. The molecular formula is C26H18N2O5. The van der Waals surface area contributed by atoms with Crippen LogP contribution in [-0.2, 0) is 4.74 Å². The van der Waals surface area contributed by atoms with Crippen LogP contribution in [0.25, 0.3) is 22.0 Å². The van der Waals surface area contributed by atoms with Crippen LogP contribution in [0.5, 0.6) is 0 Å². The molecular weight excluding hydrogens is 420 g/mol. The summed E-state index contributed by atoms with van der Waals surface area (Å²) in [5.41, 5.74) is 2.55. The summed E-state index contributed by atoms with van der Waals surface area (Å²) in [5.74, 6) is -1.01. The van der Waals surface area contributed by atoms with Crippen LogP contribution in [0, 0.1) is 0 Å². The minimum Gasteiger partial charge on any atom is -0.462 e. The molecule has 162 valence electrons. The van der Waals surface area contributed by atoms with Gasteiger partial charge in [0.25, 0.3) is 5.56 Å². The van der Waals surface area contributed by atoms with E-state index in [1.54, 1.807) is 55.5 Å². The van der Waals surface area contributed by atoms with Crippen LogP contribution in [0.15, 0.2) is 65.5 Å². The lowest BCUT2D eigenvalue weighted by Gasteiger charge is -2.24. The van der Waals surface area contributed by atoms with Crippen LogP contribution >= 0.6 is 0 Å². The van der Waals surface area contributed by atoms with Gasteiger partial charge in [-0.2, -0.15) is 0 Å². The fourth-order valence-corrected chi connectivity index (χ4v) is 4.21. The molecule has 1 heterocycles. The number of nitrogens with one attached hydrogen (secondary N) is 2. The van der Waals surface area contributed by atoms with Gasteiger partial charge in [-0.3, -0.25) is 14.4 Å². The maximum Gasteiger partial charge on any atom is 0.344 e. The summed E-state index contributed by atoms with van der Waals surface area (Å²) in [6.07, 6.45) is -0.792. The Balaban J connectivity index is 1.79. The number of ketones is 1. The predicted octanol–water partition coefficient (Wildman–Crippen LogP) is 4.47. The zero-order chi connectivity index (χ0) is 24.0. The lowest BCUT2D eigenvalue weighted by Crippen LogP contribution is -2.24. The number of anilines is 2. The lowest BCUT2D eigenvalue weighted by molar-refractivity contribution is 0.0525. The van der Waals surface area contributed by atoms with Crippen molar-refractivity contribution in [3.05, 3.63) is 93.3 Å². The molecule has 0 fully saturated rings. The van der Waals surface area contributed by atoms with E-state index in [0.29, 0.717) is 44.5 Å². The average Bonchev–Trinajstić information content (AvgIpc) is 2.83. The number of fused-ring (bicyclic) bond motifs is 2. The highest BCUT2D eigenvalue weighted by Crippen LogP contribution is 2.43. The maximum absolute atomic E-state index is 13.6. The monoisotopic (exact) mass is 439 g/mol. The third kappa shape index (κ3) is 3.22. The molecule has 0 radical (unpaired) electrons. The Kier molecular flexibility index (Phi) is 4.58. The number of hydrogen-bond donors (Lipinski definition) is 2. The first-order valence-corrected chi connectivity index (χ1v) is 10.3. The Morgan fingerprint density at radius 3 is 2.45 bits per heavy atom. The standard InChI is InChI=1S/C26H18N2O5/c1-2-33-26(32)23-20-16-5-3-4-6-17(16)24(30)22-19(12-11-18(21(20)22)28-25(23)31)27-15-9-7-14(13-29)8-10-15/h3-13,27H,2H2,1H3,(H,28,31)/i13D. The van der Waals surface area contributed by atoms with Gasteiger partial charge in [-0.25, -0.2) is 4.79 Å². The van der Waals surface area contributed by atoms with E-state index in [2.05, 4.69) is 10.3 Å². The Morgan fingerprint density at radius 2 is 1.76 bits per heavy atom. The Hall–Kier alpha value is -4.52. The van der Waals surface area contributed by atoms with Crippen molar-refractivity contribution in [2.45, 2.75) is 6.92 Å². The van der Waals surface area contributed by atoms with Gasteiger partial charge in [0.15, 0.2) is 5.78 Å². The zero-order valence-electron chi connectivity index (χ0n) is 18.5. The first-order valence-electron chi connectivity index (χ1n) is 10.8. The minimum absolute atomic E-state index is 0.0988. The SMILES string of the molecule is [2H]C(=O)c1ccc(Nc2ccc3[nH]c(=O)c(C(=O)OCC)c4c3c2C(=O)c2ccccc2-4)cc1. The molecule has 33 heavy (non-hydrogen) atoms. The Labute approximate surface area is 189 Å². The molecule has 0 saturated heterocycles. The number of hydrogen-bond acceptors (Lipinski definition) is 6. The number of carbonyl (C=O) groups is 3. The van der Waals surface area contributed by atoms with Crippen molar-refractivity contribution >= 4 is 40.3 Å². The summed E-state index contributed by atoms with van der Waals surface area (Å²) in [5, 5.41) is 3.64. The van der Waals surface area contributed by atoms with Crippen LogP contribution in [0.1, 0.15) is 44.9 Å². The summed E-state index contributed by atoms with van der Waals surface area (Å²) >= 11 is 0. The van der Waals surface area contributed by atoms with Gasteiger partial charge in [0, 0.05) is 33.3 Å². The summed E-state index contributed by atoms with van der Waals surface area (Å²) in [4.78, 5) is 53.3. The number of ether oxygens (including phenoxy) is 1. The van der Waals surface area contributed by atoms with Gasteiger partial charge in [0.2, 0.25) is 0 Å². The zero-order valence-corrected chi connectivity index (χ0v) is 17.5. The molecule has 3 aromatic carbocycles. The minimum atomic E-state index is -0.792. The Bertz CT molecular complexity index is 1570. The molecule has 2 N–H and O–H groups in total. The Morgan fingerprint density at radius 1 is 1.03 bits per heavy atom. The van der Waals surface area contributed by atoms with Gasteiger partial charge in [0.1, 0.15) is 13.2 Å². The van der Waals surface area contributed by atoms with Gasteiger partial charge in [0.05, 0.1) is 17.9 Å². The number of carbonyl (C=O) groups excluding carboxylic acids is 3. The third-order valence-electron chi connectivity index (χ3n) is 5.61. The van der Waals surface area contributed by atoms with Crippen molar-refractivity contribution in [1.29, 1.82) is 0 Å². The number of aldehydes is 1. The molecule has 0 spiro atoms. The van der Waals surface area contributed by atoms with E-state index in [1.165, 1.54) is 12.1 Å². The molecule has 5 rings (SSSR count). The molecule has 1 aromatic heterocycles. The number of benzene rings is 3. The first-order chi connectivity index (χ1) is 16.4. The van der Waals surface area contributed by atoms with E-state index in [9.17, 15) is 19.2 Å². The molecule has 1 aliphatic rings. The molecule has 0 amide bonds. The summed E-state index contributed by atoms with van der Waals surface area (Å²) in [7, 11) is 0. The van der Waals surface area contributed by atoms with Crippen molar-refractivity contribution in [3.8, 4) is 11.1 Å². The van der Waals surface area contributed by atoms with Crippen molar-refractivity contribution in [3.63, 3.8) is 0 Å². The summed E-state index contributed by atoms with van der Waals surface area (Å²) in [6.45, 7) is 1.75. The average molecular weight is 439 g/mol. The fraction of sp³-hybridized carbons (Fsp3) is 0.0769. The second-order valence-electron chi connectivity index (χ2n) is 7.51. The third-order valence-corrected chi connectivity index (χ3v) is 5.61. The fourth-order valence-electron chi connectivity index (χ4n) is 4.21. The van der Waals surface area contributed by atoms with E-state index < -0.39 is 17.8 Å². The first kappa shape index (κ1) is 19.2. The van der Waals surface area contributed by atoms with Crippen molar-refractivity contribution in [1.82, 2.24) is 4.98 Å². The quantitative estimate of drug-likeness (QED) is 0.309. The van der Waals surface area contributed by atoms with Crippen LogP contribution in [0.4, 0.5) is 11.4 Å². The van der Waals surface area contributed by atoms with Gasteiger partial charge < -0.3 is 15.0 Å². The second-order valence-corrected chi connectivity index (χ2v) is 7.51. The number of aromatic nitrogens is 1. The highest BCUT2D eigenvalue weighted by molar-refractivity contribution is 6.29. The van der Waals surface area contributed by atoms with Gasteiger partial charge >= 0.3 is 5.97 Å². The predicted molar refractivity (Wildman–Crippen MR) is 125 cm³/mol. The number of esters is 1. The summed E-state index contributed by atoms with van der Waals surface area (Å²) in [6, 6.07) is 16.5.